The lowest BCUT2D eigenvalue weighted by Crippen LogP contribution is -2.08. The van der Waals surface area contributed by atoms with Gasteiger partial charge < -0.3 is 9.51 Å². The number of nitrogens with zero attached hydrogens (tertiary/aromatic N) is 1. The molecule has 0 spiro atoms. The number of fused-ring (bicyclic) bond motifs is 1. The van der Waals surface area contributed by atoms with Crippen LogP contribution in [-0.2, 0) is 6.42 Å². The molecule has 3 aromatic rings. The fourth-order valence-electron chi connectivity index (χ4n) is 2.89. The Hall–Kier alpha value is -2.07. The summed E-state index contributed by atoms with van der Waals surface area (Å²) in [6.45, 7) is 4.11. The van der Waals surface area contributed by atoms with Gasteiger partial charge in [0, 0.05) is 17.3 Å². The van der Waals surface area contributed by atoms with Crippen LogP contribution in [-0.4, -0.2) is 15.3 Å². The number of pyridine rings is 1. The number of benzene rings is 1. The molecule has 4 heteroatoms. The third-order valence-corrected chi connectivity index (χ3v) is 4.64. The number of phenolic OH excluding ortho intramolecular Hbond substituents is 1. The highest BCUT2D eigenvalue weighted by Crippen LogP contribution is 2.29. The van der Waals surface area contributed by atoms with Gasteiger partial charge in [0.2, 0.25) is 5.78 Å². The maximum absolute atomic E-state index is 13.0. The molecule has 1 N–H and O–H groups in total. The number of ketones is 1. The van der Waals surface area contributed by atoms with Crippen LogP contribution in [0.5, 0.6) is 5.75 Å². The zero-order chi connectivity index (χ0) is 15.9. The average Bonchev–Trinajstić information content (AvgIpc) is 2.82. The van der Waals surface area contributed by atoms with E-state index in [0.29, 0.717) is 15.7 Å². The molecule has 0 unspecified atom stereocenters. The normalized spacial score (nSPS) is 11.0. The summed E-state index contributed by atoms with van der Waals surface area (Å²) in [5.41, 5.74) is 4.53. The third-order valence-electron chi connectivity index (χ3n) is 4.00. The summed E-state index contributed by atoms with van der Waals surface area (Å²) in [6, 6.07) is 10.8. The molecule has 0 amide bonds. The minimum atomic E-state index is -0.0353. The number of carbonyl (C=O) groups is 1. The first-order valence-electron chi connectivity index (χ1n) is 7.16. The van der Waals surface area contributed by atoms with E-state index < -0.39 is 0 Å². The van der Waals surface area contributed by atoms with Crippen LogP contribution in [0.4, 0.5) is 0 Å². The van der Waals surface area contributed by atoms with Gasteiger partial charge in [0.1, 0.15) is 5.75 Å². The number of aryl methyl sites for hydroxylation is 1. The molecule has 2 heterocycles. The van der Waals surface area contributed by atoms with Crippen molar-refractivity contribution in [1.29, 1.82) is 0 Å². The SMILES string of the molecule is CCc1c(C)c2ccccn2c1C(=O)c1ccc(O)c(Br)c1. The Morgan fingerprint density at radius 3 is 2.73 bits per heavy atom. The number of hydrogen-bond donors (Lipinski definition) is 1. The predicted molar refractivity (Wildman–Crippen MR) is 90.8 cm³/mol. The van der Waals surface area contributed by atoms with E-state index in [2.05, 4.69) is 29.8 Å². The van der Waals surface area contributed by atoms with Gasteiger partial charge in [0.25, 0.3) is 0 Å². The van der Waals surface area contributed by atoms with Crippen LogP contribution in [0.3, 0.4) is 0 Å². The standard InChI is InChI=1S/C18H16BrNO2/c1-3-13-11(2)15-6-4-5-9-20(15)17(13)18(22)12-7-8-16(21)14(19)10-12/h4-10,21H,3H2,1-2H3. The second-order valence-corrected chi connectivity index (χ2v) is 6.11. The molecule has 0 aliphatic carbocycles. The van der Waals surface area contributed by atoms with E-state index in [-0.39, 0.29) is 11.5 Å². The average molecular weight is 358 g/mol. The molecule has 0 aliphatic rings. The zero-order valence-electron chi connectivity index (χ0n) is 12.4. The van der Waals surface area contributed by atoms with E-state index in [1.165, 1.54) is 6.07 Å². The lowest BCUT2D eigenvalue weighted by atomic mass is 10.0. The summed E-state index contributed by atoms with van der Waals surface area (Å²) < 4.78 is 2.48. The number of carbonyl (C=O) groups excluding carboxylic acids is 1. The molecule has 112 valence electrons. The quantitative estimate of drug-likeness (QED) is 0.700. The van der Waals surface area contributed by atoms with Crippen molar-refractivity contribution in [1.82, 2.24) is 4.40 Å². The Bertz CT molecular complexity index is 880. The van der Waals surface area contributed by atoms with Crippen molar-refractivity contribution in [3.05, 3.63) is 69.5 Å². The monoisotopic (exact) mass is 357 g/mol. The first kappa shape index (κ1) is 14.9. The number of aromatic nitrogens is 1. The second-order valence-electron chi connectivity index (χ2n) is 5.26. The van der Waals surface area contributed by atoms with E-state index >= 15 is 0 Å². The molecule has 0 aliphatic heterocycles. The lowest BCUT2D eigenvalue weighted by molar-refractivity contribution is 0.103. The first-order valence-corrected chi connectivity index (χ1v) is 7.95. The molecule has 0 radical (unpaired) electrons. The van der Waals surface area contributed by atoms with Gasteiger partial charge >= 0.3 is 0 Å². The van der Waals surface area contributed by atoms with Crippen LogP contribution in [0.25, 0.3) is 5.52 Å². The smallest absolute Gasteiger partial charge is 0.210 e. The Kier molecular flexibility index (Phi) is 3.79. The lowest BCUT2D eigenvalue weighted by Gasteiger charge is -2.06. The Morgan fingerprint density at radius 2 is 2.05 bits per heavy atom. The molecule has 3 nitrogen and oxygen atoms in total. The highest BCUT2D eigenvalue weighted by Gasteiger charge is 2.21. The number of phenols is 1. The summed E-state index contributed by atoms with van der Waals surface area (Å²) >= 11 is 3.27. The zero-order valence-corrected chi connectivity index (χ0v) is 14.0. The maximum atomic E-state index is 13.0. The minimum absolute atomic E-state index is 0.0353. The van der Waals surface area contributed by atoms with Crippen LogP contribution in [0.15, 0.2) is 47.1 Å². The number of halogens is 1. The fourth-order valence-corrected chi connectivity index (χ4v) is 3.26. The topological polar surface area (TPSA) is 41.7 Å². The van der Waals surface area contributed by atoms with Crippen molar-refractivity contribution in [2.75, 3.05) is 0 Å². The van der Waals surface area contributed by atoms with Gasteiger partial charge in [0.05, 0.1) is 10.2 Å². The molecular weight excluding hydrogens is 342 g/mol. The molecule has 0 saturated heterocycles. The van der Waals surface area contributed by atoms with Crippen molar-refractivity contribution >= 4 is 27.2 Å². The Balaban J connectivity index is 2.24. The summed E-state index contributed by atoms with van der Waals surface area (Å²) in [7, 11) is 0. The Labute approximate surface area is 137 Å². The van der Waals surface area contributed by atoms with Crippen LogP contribution >= 0.6 is 15.9 Å². The van der Waals surface area contributed by atoms with Gasteiger partial charge in [-0.15, -0.1) is 0 Å². The molecule has 22 heavy (non-hydrogen) atoms. The summed E-state index contributed by atoms with van der Waals surface area (Å²) in [4.78, 5) is 13.0. The molecule has 0 saturated carbocycles. The predicted octanol–water partition coefficient (Wildman–Crippen LogP) is 4.51. The summed E-state index contributed by atoms with van der Waals surface area (Å²) in [5.74, 6) is 0.0929. The van der Waals surface area contributed by atoms with Crippen molar-refractivity contribution in [2.45, 2.75) is 20.3 Å². The molecule has 0 bridgehead atoms. The van der Waals surface area contributed by atoms with Crippen molar-refractivity contribution < 1.29 is 9.90 Å². The van der Waals surface area contributed by atoms with Gasteiger partial charge in [-0.05, 0) is 70.7 Å². The van der Waals surface area contributed by atoms with Crippen molar-refractivity contribution in [2.24, 2.45) is 0 Å². The Morgan fingerprint density at radius 1 is 1.27 bits per heavy atom. The van der Waals surface area contributed by atoms with Crippen LogP contribution in [0.2, 0.25) is 0 Å². The van der Waals surface area contributed by atoms with Gasteiger partial charge in [-0.1, -0.05) is 13.0 Å². The van der Waals surface area contributed by atoms with E-state index in [0.717, 1.165) is 23.1 Å². The van der Waals surface area contributed by atoms with E-state index in [1.807, 2.05) is 28.8 Å². The molecule has 0 fully saturated rings. The first-order chi connectivity index (χ1) is 10.5. The minimum Gasteiger partial charge on any atom is -0.507 e. The summed E-state index contributed by atoms with van der Waals surface area (Å²) in [5, 5.41) is 9.61. The molecule has 2 aromatic heterocycles. The largest absolute Gasteiger partial charge is 0.507 e. The van der Waals surface area contributed by atoms with Gasteiger partial charge in [0.15, 0.2) is 0 Å². The van der Waals surface area contributed by atoms with Gasteiger partial charge in [-0.3, -0.25) is 4.79 Å². The molecule has 0 atom stereocenters. The highest BCUT2D eigenvalue weighted by molar-refractivity contribution is 9.10. The fraction of sp³-hybridized carbons (Fsp3) is 0.167. The van der Waals surface area contributed by atoms with Gasteiger partial charge in [-0.2, -0.15) is 0 Å². The molecule has 1 aromatic carbocycles. The van der Waals surface area contributed by atoms with Crippen molar-refractivity contribution in [3.63, 3.8) is 0 Å². The second kappa shape index (κ2) is 5.61. The van der Waals surface area contributed by atoms with E-state index in [4.69, 9.17) is 0 Å². The van der Waals surface area contributed by atoms with E-state index in [1.54, 1.807) is 12.1 Å². The van der Waals surface area contributed by atoms with Crippen molar-refractivity contribution in [3.8, 4) is 5.75 Å². The maximum Gasteiger partial charge on any atom is 0.210 e. The third kappa shape index (κ3) is 2.24. The van der Waals surface area contributed by atoms with E-state index in [9.17, 15) is 9.90 Å². The number of rotatable bonds is 3. The van der Waals surface area contributed by atoms with Gasteiger partial charge in [-0.25, -0.2) is 0 Å². The number of aromatic hydroxyl groups is 1. The highest BCUT2D eigenvalue weighted by atomic mass is 79.9. The van der Waals surface area contributed by atoms with Crippen LogP contribution in [0.1, 0.15) is 34.1 Å². The molecular formula is C18H16BrNO2. The summed E-state index contributed by atoms with van der Waals surface area (Å²) in [6.07, 6.45) is 2.72. The van der Waals surface area contributed by atoms with Crippen LogP contribution in [0, 0.1) is 6.92 Å². The number of hydrogen-bond acceptors (Lipinski definition) is 2. The van der Waals surface area contributed by atoms with Crippen LogP contribution < -0.4 is 0 Å². The molecule has 3 rings (SSSR count).